The van der Waals surface area contributed by atoms with Crippen LogP contribution in [0.25, 0.3) is 11.1 Å². The van der Waals surface area contributed by atoms with Crippen LogP contribution in [0.4, 0.5) is 10.2 Å². The molecule has 2 aliphatic rings. The maximum atomic E-state index is 14.0. The molecule has 2 N–H and O–H groups in total. The minimum atomic E-state index is -0.407. The molecule has 196 valence electrons. The number of nitrogens with zero attached hydrogens (tertiary/aromatic N) is 3. The summed E-state index contributed by atoms with van der Waals surface area (Å²) in [5.74, 6) is 0.192. The van der Waals surface area contributed by atoms with E-state index in [1.54, 1.807) is 24.3 Å². The summed E-state index contributed by atoms with van der Waals surface area (Å²) < 4.78 is 21.3. The summed E-state index contributed by atoms with van der Waals surface area (Å²) in [6.45, 7) is 0.792. The second kappa shape index (κ2) is 11.2. The summed E-state index contributed by atoms with van der Waals surface area (Å²) in [7, 11) is 1.60. The first-order chi connectivity index (χ1) is 18.0. The Labute approximate surface area is 221 Å². The van der Waals surface area contributed by atoms with Gasteiger partial charge in [-0.15, -0.1) is 0 Å². The van der Waals surface area contributed by atoms with Crippen LogP contribution >= 0.6 is 11.6 Å². The van der Waals surface area contributed by atoms with Crippen LogP contribution in [0.5, 0.6) is 0 Å². The van der Waals surface area contributed by atoms with Crippen molar-refractivity contribution >= 4 is 23.3 Å². The van der Waals surface area contributed by atoms with Crippen molar-refractivity contribution in [2.75, 3.05) is 19.0 Å². The molecule has 3 heterocycles. The highest BCUT2D eigenvalue weighted by Gasteiger charge is 2.34. The van der Waals surface area contributed by atoms with Crippen LogP contribution in [0.3, 0.4) is 0 Å². The number of rotatable bonds is 8. The Morgan fingerprint density at radius 1 is 1.19 bits per heavy atom. The SMILES string of the molecule is COC[C@H]1Cn2cc(-c3cc(NC4CCCCC4)ncc3Cl)cc2C(=O)N1Cc1cc(F)ccc1CO. The molecule has 1 atom stereocenters. The quantitative estimate of drug-likeness (QED) is 0.419. The standard InChI is InChI=1S/C28H32ClFN4O3/c1-37-17-23-15-33-13-20(24-11-27(31-12-25(24)29)32-22-5-3-2-4-6-22)10-26(33)28(36)34(23)14-19-9-21(30)8-7-18(19)16-35/h7-13,22-23,35H,2-6,14-17H2,1H3,(H,31,32)/t23-/m1/s1. The van der Waals surface area contributed by atoms with Gasteiger partial charge in [0, 0.05) is 49.8 Å². The molecule has 1 fully saturated rings. The lowest BCUT2D eigenvalue weighted by Crippen LogP contribution is -2.49. The van der Waals surface area contributed by atoms with Crippen molar-refractivity contribution in [3.63, 3.8) is 0 Å². The zero-order chi connectivity index (χ0) is 25.9. The molecule has 0 unspecified atom stereocenters. The van der Waals surface area contributed by atoms with E-state index in [4.69, 9.17) is 16.3 Å². The number of methoxy groups -OCH3 is 1. The molecular formula is C28H32ClFN4O3. The fraction of sp³-hybridized carbons (Fsp3) is 0.429. The van der Waals surface area contributed by atoms with Gasteiger partial charge < -0.3 is 24.6 Å². The predicted molar refractivity (Wildman–Crippen MR) is 141 cm³/mol. The summed E-state index contributed by atoms with van der Waals surface area (Å²) >= 11 is 6.56. The van der Waals surface area contributed by atoms with Crippen molar-refractivity contribution in [2.24, 2.45) is 0 Å². The van der Waals surface area contributed by atoms with Crippen molar-refractivity contribution in [2.45, 2.75) is 63.9 Å². The number of anilines is 1. The molecule has 1 aliphatic carbocycles. The highest BCUT2D eigenvalue weighted by Crippen LogP contribution is 2.34. The molecule has 1 aromatic carbocycles. The maximum absolute atomic E-state index is 14.0. The summed E-state index contributed by atoms with van der Waals surface area (Å²) in [6, 6.07) is 8.20. The first-order valence-corrected chi connectivity index (χ1v) is 13.1. The van der Waals surface area contributed by atoms with Gasteiger partial charge >= 0.3 is 0 Å². The number of ether oxygens (including phenoxy) is 1. The molecule has 0 bridgehead atoms. The van der Waals surface area contributed by atoms with Crippen molar-refractivity contribution < 1.29 is 19.0 Å². The fourth-order valence-corrected chi connectivity index (χ4v) is 5.65. The van der Waals surface area contributed by atoms with Crippen LogP contribution in [0, 0.1) is 5.82 Å². The average molecular weight is 527 g/mol. The Morgan fingerprint density at radius 3 is 2.76 bits per heavy atom. The normalized spacial score (nSPS) is 18.2. The maximum Gasteiger partial charge on any atom is 0.271 e. The van der Waals surface area contributed by atoms with E-state index in [-0.39, 0.29) is 25.1 Å². The van der Waals surface area contributed by atoms with Gasteiger partial charge in [-0.05, 0) is 48.2 Å². The molecule has 7 nitrogen and oxygen atoms in total. The number of fused-ring (bicyclic) bond motifs is 1. The lowest BCUT2D eigenvalue weighted by Gasteiger charge is -2.36. The Bertz CT molecular complexity index is 1270. The number of aliphatic hydroxyl groups is 1. The van der Waals surface area contributed by atoms with Gasteiger partial charge in [-0.2, -0.15) is 0 Å². The number of hydrogen-bond donors (Lipinski definition) is 2. The third-order valence-electron chi connectivity index (χ3n) is 7.39. The second-order valence-corrected chi connectivity index (χ2v) is 10.3. The van der Waals surface area contributed by atoms with Gasteiger partial charge in [0.05, 0.1) is 24.3 Å². The smallest absolute Gasteiger partial charge is 0.271 e. The van der Waals surface area contributed by atoms with E-state index >= 15 is 0 Å². The van der Waals surface area contributed by atoms with Gasteiger partial charge in [0.25, 0.3) is 5.91 Å². The van der Waals surface area contributed by atoms with Crippen LogP contribution < -0.4 is 5.32 Å². The number of amides is 1. The van der Waals surface area contributed by atoms with Gasteiger partial charge in [-0.3, -0.25) is 4.79 Å². The Morgan fingerprint density at radius 2 is 2.00 bits per heavy atom. The number of carbonyl (C=O) groups excluding carboxylic acids is 1. The number of halogens is 2. The third kappa shape index (κ3) is 5.51. The van der Waals surface area contributed by atoms with E-state index in [1.165, 1.54) is 31.4 Å². The number of carbonyl (C=O) groups is 1. The molecule has 0 saturated heterocycles. The molecule has 9 heteroatoms. The Balaban J connectivity index is 1.44. The topological polar surface area (TPSA) is 79.6 Å². The average Bonchev–Trinajstić information content (AvgIpc) is 3.32. The number of benzene rings is 1. The molecule has 3 aromatic rings. The van der Waals surface area contributed by atoms with Crippen molar-refractivity contribution in [1.82, 2.24) is 14.5 Å². The van der Waals surface area contributed by atoms with E-state index in [1.807, 2.05) is 22.9 Å². The Kier molecular flexibility index (Phi) is 7.79. The molecular weight excluding hydrogens is 495 g/mol. The third-order valence-corrected chi connectivity index (χ3v) is 7.69. The molecule has 0 radical (unpaired) electrons. The molecule has 37 heavy (non-hydrogen) atoms. The predicted octanol–water partition coefficient (Wildman–Crippen LogP) is 5.25. The van der Waals surface area contributed by atoms with Gasteiger partial charge in [-0.25, -0.2) is 9.37 Å². The fourth-order valence-electron chi connectivity index (χ4n) is 5.44. The van der Waals surface area contributed by atoms with Gasteiger partial charge in [0.2, 0.25) is 0 Å². The summed E-state index contributed by atoms with van der Waals surface area (Å²) in [4.78, 5) is 19.9. The zero-order valence-corrected chi connectivity index (χ0v) is 21.7. The molecule has 1 amide bonds. The largest absolute Gasteiger partial charge is 0.392 e. The lowest BCUT2D eigenvalue weighted by molar-refractivity contribution is 0.0386. The van der Waals surface area contributed by atoms with E-state index in [0.717, 1.165) is 29.8 Å². The number of pyridine rings is 1. The van der Waals surface area contributed by atoms with Crippen LogP contribution in [0.1, 0.15) is 53.7 Å². The molecule has 2 aromatic heterocycles. The minimum absolute atomic E-state index is 0.173. The number of nitrogens with one attached hydrogen (secondary N) is 1. The first kappa shape index (κ1) is 25.7. The lowest BCUT2D eigenvalue weighted by atomic mass is 9.95. The molecule has 0 spiro atoms. The highest BCUT2D eigenvalue weighted by molar-refractivity contribution is 6.33. The number of aromatic nitrogens is 2. The highest BCUT2D eigenvalue weighted by atomic mass is 35.5. The summed E-state index contributed by atoms with van der Waals surface area (Å²) in [5, 5.41) is 13.8. The Hall–Kier alpha value is -2.94. The number of aliphatic hydroxyl groups excluding tert-OH is 1. The van der Waals surface area contributed by atoms with E-state index < -0.39 is 5.82 Å². The van der Waals surface area contributed by atoms with Gasteiger partial charge in [0.1, 0.15) is 17.3 Å². The van der Waals surface area contributed by atoms with Gasteiger partial charge in [0.15, 0.2) is 0 Å². The number of hydrogen-bond acceptors (Lipinski definition) is 5. The summed E-state index contributed by atoms with van der Waals surface area (Å²) in [5.41, 5.74) is 3.34. The summed E-state index contributed by atoms with van der Waals surface area (Å²) in [6.07, 6.45) is 9.59. The molecule has 5 rings (SSSR count). The second-order valence-electron chi connectivity index (χ2n) is 9.91. The van der Waals surface area contributed by atoms with Crippen LogP contribution in [-0.2, 0) is 24.4 Å². The van der Waals surface area contributed by atoms with Crippen molar-refractivity contribution in [3.8, 4) is 11.1 Å². The monoisotopic (exact) mass is 526 g/mol. The van der Waals surface area contributed by atoms with Crippen LogP contribution in [-0.4, -0.2) is 51.3 Å². The molecule has 1 saturated carbocycles. The molecule has 1 aliphatic heterocycles. The van der Waals surface area contributed by atoms with Gasteiger partial charge in [-0.1, -0.05) is 36.9 Å². The van der Waals surface area contributed by atoms with Crippen LogP contribution in [0.15, 0.2) is 42.7 Å². The van der Waals surface area contributed by atoms with E-state index in [2.05, 4.69) is 10.3 Å². The van der Waals surface area contributed by atoms with E-state index in [0.29, 0.717) is 41.0 Å². The minimum Gasteiger partial charge on any atom is -0.392 e. The van der Waals surface area contributed by atoms with Crippen molar-refractivity contribution in [1.29, 1.82) is 0 Å². The van der Waals surface area contributed by atoms with Crippen molar-refractivity contribution in [3.05, 3.63) is 70.4 Å². The van der Waals surface area contributed by atoms with E-state index in [9.17, 15) is 14.3 Å². The van der Waals surface area contributed by atoms with Crippen LogP contribution in [0.2, 0.25) is 5.02 Å². The zero-order valence-electron chi connectivity index (χ0n) is 20.9. The first-order valence-electron chi connectivity index (χ1n) is 12.8.